The summed E-state index contributed by atoms with van der Waals surface area (Å²) in [4.78, 5) is 21.0. The molecule has 1 amide bonds. The first-order valence-corrected chi connectivity index (χ1v) is 6.74. The van der Waals surface area contributed by atoms with E-state index in [-0.39, 0.29) is 5.91 Å². The molecule has 21 heavy (non-hydrogen) atoms. The minimum atomic E-state index is -0.222. The number of nitrogens with zero attached hydrogens (tertiary/aromatic N) is 2. The summed E-state index contributed by atoms with van der Waals surface area (Å²) in [5.74, 6) is -0.222. The average molecular weight is 277 g/mol. The number of hydrogen-bond donors (Lipinski definition) is 1. The molecule has 2 aromatic heterocycles. The summed E-state index contributed by atoms with van der Waals surface area (Å²) in [6.45, 7) is 3.80. The molecule has 0 bridgehead atoms. The standard InChI is InChI=1S/C17H15N3O/c1-11-7-8-15(12(2)19-11)20-17(21)16-14-6-4-3-5-13(14)9-10-18-16/h3-10H,1-2H3,(H,20,21). The zero-order valence-corrected chi connectivity index (χ0v) is 11.9. The van der Waals surface area contributed by atoms with Gasteiger partial charge in [0.25, 0.3) is 5.91 Å². The Bertz CT molecular complexity index is 822. The molecule has 1 aromatic carbocycles. The van der Waals surface area contributed by atoms with Crippen LogP contribution in [0.3, 0.4) is 0 Å². The largest absolute Gasteiger partial charge is 0.319 e. The second-order valence-electron chi connectivity index (χ2n) is 4.92. The van der Waals surface area contributed by atoms with Crippen molar-refractivity contribution < 1.29 is 4.79 Å². The molecular weight excluding hydrogens is 262 g/mol. The van der Waals surface area contributed by atoms with Gasteiger partial charge in [-0.15, -0.1) is 0 Å². The third kappa shape index (κ3) is 2.60. The molecule has 0 spiro atoms. The Balaban J connectivity index is 1.97. The maximum Gasteiger partial charge on any atom is 0.274 e. The van der Waals surface area contributed by atoms with Gasteiger partial charge >= 0.3 is 0 Å². The lowest BCUT2D eigenvalue weighted by Gasteiger charge is -2.09. The van der Waals surface area contributed by atoms with Crippen molar-refractivity contribution >= 4 is 22.4 Å². The number of carbonyl (C=O) groups excluding carboxylic acids is 1. The summed E-state index contributed by atoms with van der Waals surface area (Å²) < 4.78 is 0. The van der Waals surface area contributed by atoms with Crippen molar-refractivity contribution in [2.75, 3.05) is 5.32 Å². The van der Waals surface area contributed by atoms with Crippen LogP contribution in [0.2, 0.25) is 0 Å². The molecule has 2 heterocycles. The van der Waals surface area contributed by atoms with E-state index >= 15 is 0 Å². The topological polar surface area (TPSA) is 54.9 Å². The molecule has 0 aliphatic carbocycles. The number of benzene rings is 1. The normalized spacial score (nSPS) is 10.6. The molecule has 4 heteroatoms. The van der Waals surface area contributed by atoms with E-state index in [0.717, 1.165) is 22.2 Å². The maximum atomic E-state index is 12.5. The third-order valence-corrected chi connectivity index (χ3v) is 3.36. The van der Waals surface area contributed by atoms with Gasteiger partial charge in [-0.25, -0.2) is 0 Å². The molecule has 1 N–H and O–H groups in total. The molecular formula is C17H15N3O. The van der Waals surface area contributed by atoms with Gasteiger partial charge in [0.05, 0.1) is 11.4 Å². The number of rotatable bonds is 2. The summed E-state index contributed by atoms with van der Waals surface area (Å²) >= 11 is 0. The first-order chi connectivity index (χ1) is 10.1. The van der Waals surface area contributed by atoms with E-state index in [1.807, 2.05) is 56.3 Å². The molecule has 104 valence electrons. The van der Waals surface area contributed by atoms with Crippen LogP contribution >= 0.6 is 0 Å². The lowest BCUT2D eigenvalue weighted by Crippen LogP contribution is -2.15. The zero-order chi connectivity index (χ0) is 14.8. The van der Waals surface area contributed by atoms with E-state index in [4.69, 9.17) is 0 Å². The van der Waals surface area contributed by atoms with Crippen molar-refractivity contribution in [1.82, 2.24) is 9.97 Å². The van der Waals surface area contributed by atoms with Gasteiger partial charge in [-0.05, 0) is 37.4 Å². The van der Waals surface area contributed by atoms with Gasteiger partial charge in [0, 0.05) is 17.3 Å². The number of nitrogens with one attached hydrogen (secondary N) is 1. The van der Waals surface area contributed by atoms with Crippen LogP contribution in [0.25, 0.3) is 10.8 Å². The number of amides is 1. The van der Waals surface area contributed by atoms with Crippen molar-refractivity contribution in [2.24, 2.45) is 0 Å². The predicted molar refractivity (Wildman–Crippen MR) is 83.4 cm³/mol. The van der Waals surface area contributed by atoms with Crippen molar-refractivity contribution in [3.05, 3.63) is 65.7 Å². The Morgan fingerprint density at radius 2 is 1.86 bits per heavy atom. The number of fused-ring (bicyclic) bond motifs is 1. The summed E-state index contributed by atoms with van der Waals surface area (Å²) in [5, 5.41) is 4.72. The van der Waals surface area contributed by atoms with Crippen molar-refractivity contribution in [3.8, 4) is 0 Å². The van der Waals surface area contributed by atoms with E-state index in [1.54, 1.807) is 6.20 Å². The quantitative estimate of drug-likeness (QED) is 0.780. The molecule has 0 unspecified atom stereocenters. The number of pyridine rings is 2. The third-order valence-electron chi connectivity index (χ3n) is 3.36. The lowest BCUT2D eigenvalue weighted by atomic mass is 10.1. The van der Waals surface area contributed by atoms with Crippen LogP contribution in [-0.2, 0) is 0 Å². The molecule has 0 radical (unpaired) electrons. The fourth-order valence-corrected chi connectivity index (χ4v) is 2.30. The Morgan fingerprint density at radius 1 is 1.05 bits per heavy atom. The van der Waals surface area contributed by atoms with Crippen molar-refractivity contribution in [3.63, 3.8) is 0 Å². The van der Waals surface area contributed by atoms with Crippen LogP contribution in [-0.4, -0.2) is 15.9 Å². The summed E-state index contributed by atoms with van der Waals surface area (Å²) in [6.07, 6.45) is 1.65. The van der Waals surface area contributed by atoms with Gasteiger partial charge < -0.3 is 5.32 Å². The second kappa shape index (κ2) is 5.32. The monoisotopic (exact) mass is 277 g/mol. The van der Waals surface area contributed by atoms with Gasteiger partial charge in [0.15, 0.2) is 0 Å². The van der Waals surface area contributed by atoms with Crippen LogP contribution in [0.4, 0.5) is 5.69 Å². The van der Waals surface area contributed by atoms with Crippen LogP contribution in [0.5, 0.6) is 0 Å². The highest BCUT2D eigenvalue weighted by Crippen LogP contribution is 2.19. The highest BCUT2D eigenvalue weighted by molar-refractivity contribution is 6.11. The van der Waals surface area contributed by atoms with Crippen LogP contribution in [0.15, 0.2) is 48.7 Å². The molecule has 0 fully saturated rings. The first-order valence-electron chi connectivity index (χ1n) is 6.74. The summed E-state index contributed by atoms with van der Waals surface area (Å²) in [7, 11) is 0. The molecule has 0 saturated carbocycles. The molecule has 3 rings (SSSR count). The van der Waals surface area contributed by atoms with Crippen LogP contribution in [0, 0.1) is 13.8 Å². The first kappa shape index (κ1) is 13.2. The molecule has 3 aromatic rings. The summed E-state index contributed by atoms with van der Waals surface area (Å²) in [5.41, 5.74) is 2.85. The van der Waals surface area contributed by atoms with Crippen molar-refractivity contribution in [2.45, 2.75) is 13.8 Å². The fourth-order valence-electron chi connectivity index (χ4n) is 2.30. The maximum absolute atomic E-state index is 12.5. The lowest BCUT2D eigenvalue weighted by molar-refractivity contribution is 0.102. The fraction of sp³-hybridized carbons (Fsp3) is 0.118. The highest BCUT2D eigenvalue weighted by atomic mass is 16.1. The molecule has 0 aliphatic heterocycles. The Morgan fingerprint density at radius 3 is 2.67 bits per heavy atom. The number of hydrogen-bond acceptors (Lipinski definition) is 3. The van der Waals surface area contributed by atoms with E-state index in [2.05, 4.69) is 15.3 Å². The van der Waals surface area contributed by atoms with E-state index in [9.17, 15) is 4.79 Å². The number of carbonyl (C=O) groups is 1. The number of aryl methyl sites for hydroxylation is 2. The van der Waals surface area contributed by atoms with E-state index in [0.29, 0.717) is 11.4 Å². The number of aromatic nitrogens is 2. The molecule has 0 atom stereocenters. The van der Waals surface area contributed by atoms with Crippen LogP contribution in [0.1, 0.15) is 21.9 Å². The molecule has 0 saturated heterocycles. The summed E-state index contributed by atoms with van der Waals surface area (Å²) in [6, 6.07) is 13.3. The second-order valence-corrected chi connectivity index (χ2v) is 4.92. The van der Waals surface area contributed by atoms with Gasteiger partial charge in [-0.2, -0.15) is 0 Å². The van der Waals surface area contributed by atoms with Gasteiger partial charge in [-0.1, -0.05) is 24.3 Å². The minimum Gasteiger partial charge on any atom is -0.319 e. The van der Waals surface area contributed by atoms with Crippen LogP contribution < -0.4 is 5.32 Å². The predicted octanol–water partition coefficient (Wildman–Crippen LogP) is 3.50. The number of anilines is 1. The van der Waals surface area contributed by atoms with E-state index in [1.165, 1.54) is 0 Å². The van der Waals surface area contributed by atoms with E-state index < -0.39 is 0 Å². The molecule has 0 aliphatic rings. The Hall–Kier alpha value is -2.75. The van der Waals surface area contributed by atoms with Gasteiger partial charge in [-0.3, -0.25) is 14.8 Å². The van der Waals surface area contributed by atoms with Crippen molar-refractivity contribution in [1.29, 1.82) is 0 Å². The highest BCUT2D eigenvalue weighted by Gasteiger charge is 2.13. The smallest absolute Gasteiger partial charge is 0.274 e. The minimum absolute atomic E-state index is 0.222. The SMILES string of the molecule is Cc1ccc(NC(=O)c2nccc3ccccc23)c(C)n1. The molecule has 4 nitrogen and oxygen atoms in total. The Kier molecular flexibility index (Phi) is 3.36. The van der Waals surface area contributed by atoms with Gasteiger partial charge in [0.2, 0.25) is 0 Å². The van der Waals surface area contributed by atoms with Gasteiger partial charge in [0.1, 0.15) is 5.69 Å². The zero-order valence-electron chi connectivity index (χ0n) is 11.9. The Labute approximate surface area is 122 Å². The average Bonchev–Trinajstić information content (AvgIpc) is 2.49.